The van der Waals surface area contributed by atoms with E-state index in [1.807, 2.05) is 19.9 Å². The number of aryl methyl sites for hydroxylation is 2. The summed E-state index contributed by atoms with van der Waals surface area (Å²) in [6, 6.07) is 5.82. The fourth-order valence-corrected chi connectivity index (χ4v) is 2.34. The Morgan fingerprint density at radius 3 is 2.19 bits per heavy atom. The lowest BCUT2D eigenvalue weighted by molar-refractivity contribution is -0.137. The lowest BCUT2D eigenvalue weighted by Gasteiger charge is -2.08. The van der Waals surface area contributed by atoms with E-state index < -0.39 is 17.6 Å². The second kappa shape index (κ2) is 6.58. The molecule has 3 aromatic rings. The van der Waals surface area contributed by atoms with Gasteiger partial charge in [0.05, 0.1) is 29.3 Å². The van der Waals surface area contributed by atoms with Crippen molar-refractivity contribution in [3.05, 3.63) is 65.2 Å². The standard InChI is InChI=1S/C17H14F3N5O/c1-10-7-11(2)25(24-10)16-21-8-14(9-22-16)23-15(26)12-3-5-13(6-4-12)17(18,19)20/h3-9H,1-2H3,(H,23,26). The summed E-state index contributed by atoms with van der Waals surface area (Å²) in [5, 5.41) is 6.80. The summed E-state index contributed by atoms with van der Waals surface area (Å²) < 4.78 is 39.2. The summed E-state index contributed by atoms with van der Waals surface area (Å²) >= 11 is 0. The van der Waals surface area contributed by atoms with Crippen LogP contribution in [0.1, 0.15) is 27.3 Å². The molecule has 3 rings (SSSR count). The van der Waals surface area contributed by atoms with Gasteiger partial charge < -0.3 is 5.32 Å². The number of halogens is 3. The largest absolute Gasteiger partial charge is 0.416 e. The van der Waals surface area contributed by atoms with Crippen molar-refractivity contribution in [1.29, 1.82) is 0 Å². The number of nitrogens with zero attached hydrogens (tertiary/aromatic N) is 4. The molecule has 2 aromatic heterocycles. The Morgan fingerprint density at radius 2 is 1.69 bits per heavy atom. The van der Waals surface area contributed by atoms with Crippen molar-refractivity contribution in [3.8, 4) is 5.95 Å². The minimum atomic E-state index is -4.44. The average Bonchev–Trinajstić information content (AvgIpc) is 2.93. The summed E-state index contributed by atoms with van der Waals surface area (Å²) in [5.41, 5.74) is 1.29. The van der Waals surface area contributed by atoms with E-state index in [0.29, 0.717) is 11.6 Å². The summed E-state index contributed by atoms with van der Waals surface area (Å²) in [6.07, 6.45) is -1.64. The highest BCUT2D eigenvalue weighted by atomic mass is 19.4. The van der Waals surface area contributed by atoms with Crippen LogP contribution >= 0.6 is 0 Å². The minimum absolute atomic E-state index is 0.0978. The first-order chi connectivity index (χ1) is 12.2. The zero-order valence-electron chi connectivity index (χ0n) is 13.9. The van der Waals surface area contributed by atoms with Crippen molar-refractivity contribution in [1.82, 2.24) is 19.7 Å². The first kappa shape index (κ1) is 17.6. The Balaban J connectivity index is 1.73. The van der Waals surface area contributed by atoms with Gasteiger partial charge in [-0.1, -0.05) is 0 Å². The fraction of sp³-hybridized carbons (Fsp3) is 0.176. The van der Waals surface area contributed by atoms with Gasteiger partial charge in [-0.2, -0.15) is 18.3 Å². The third-order valence-electron chi connectivity index (χ3n) is 3.57. The quantitative estimate of drug-likeness (QED) is 0.774. The Bertz CT molecular complexity index is 931. The molecule has 0 aliphatic rings. The first-order valence-corrected chi connectivity index (χ1v) is 7.58. The van der Waals surface area contributed by atoms with Crippen molar-refractivity contribution in [3.63, 3.8) is 0 Å². The average molecular weight is 361 g/mol. The van der Waals surface area contributed by atoms with Crippen molar-refractivity contribution in [2.45, 2.75) is 20.0 Å². The molecule has 2 heterocycles. The number of aromatic nitrogens is 4. The molecule has 0 radical (unpaired) electrons. The number of benzene rings is 1. The van der Waals surface area contributed by atoms with Crippen LogP contribution in [0.4, 0.5) is 18.9 Å². The van der Waals surface area contributed by atoms with Gasteiger partial charge in [0.1, 0.15) is 0 Å². The van der Waals surface area contributed by atoms with Crippen molar-refractivity contribution in [2.24, 2.45) is 0 Å². The number of nitrogens with one attached hydrogen (secondary N) is 1. The Kier molecular flexibility index (Phi) is 4.45. The second-order valence-corrected chi connectivity index (χ2v) is 5.64. The van der Waals surface area contributed by atoms with E-state index in [-0.39, 0.29) is 5.56 Å². The number of carbonyl (C=O) groups is 1. The fourth-order valence-electron chi connectivity index (χ4n) is 2.34. The van der Waals surface area contributed by atoms with Crippen molar-refractivity contribution in [2.75, 3.05) is 5.32 Å². The molecule has 0 saturated heterocycles. The van der Waals surface area contributed by atoms with Gasteiger partial charge in [-0.05, 0) is 44.2 Å². The zero-order chi connectivity index (χ0) is 18.9. The van der Waals surface area contributed by atoms with Crippen LogP contribution in [0.15, 0.2) is 42.7 Å². The third-order valence-corrected chi connectivity index (χ3v) is 3.57. The van der Waals surface area contributed by atoms with Gasteiger partial charge in [0.15, 0.2) is 0 Å². The van der Waals surface area contributed by atoms with Gasteiger partial charge in [-0.3, -0.25) is 4.79 Å². The SMILES string of the molecule is Cc1cc(C)n(-c2ncc(NC(=O)c3ccc(C(F)(F)F)cc3)cn2)n1. The van der Waals surface area contributed by atoms with E-state index in [2.05, 4.69) is 20.4 Å². The van der Waals surface area contributed by atoms with Crippen LogP contribution in [0.25, 0.3) is 5.95 Å². The van der Waals surface area contributed by atoms with Gasteiger partial charge in [-0.25, -0.2) is 14.6 Å². The molecule has 0 saturated carbocycles. The summed E-state index contributed by atoms with van der Waals surface area (Å²) in [4.78, 5) is 20.4. The van der Waals surface area contributed by atoms with Crippen LogP contribution in [0.3, 0.4) is 0 Å². The lowest BCUT2D eigenvalue weighted by atomic mass is 10.1. The number of amides is 1. The number of rotatable bonds is 3. The van der Waals surface area contributed by atoms with Crippen molar-refractivity contribution >= 4 is 11.6 Å². The number of alkyl halides is 3. The summed E-state index contributed by atoms with van der Waals surface area (Å²) in [7, 11) is 0. The highest BCUT2D eigenvalue weighted by Crippen LogP contribution is 2.29. The molecule has 6 nitrogen and oxygen atoms in total. The maximum absolute atomic E-state index is 12.6. The molecule has 0 aliphatic heterocycles. The maximum atomic E-state index is 12.6. The van der Waals surface area contributed by atoms with Gasteiger partial charge in [-0.15, -0.1) is 0 Å². The van der Waals surface area contributed by atoms with Crippen LogP contribution in [-0.2, 0) is 6.18 Å². The van der Waals surface area contributed by atoms with E-state index in [1.54, 1.807) is 4.68 Å². The first-order valence-electron chi connectivity index (χ1n) is 7.58. The normalized spacial score (nSPS) is 11.4. The zero-order valence-corrected chi connectivity index (χ0v) is 13.9. The van der Waals surface area contributed by atoms with Crippen LogP contribution in [0, 0.1) is 13.8 Å². The summed E-state index contributed by atoms with van der Waals surface area (Å²) in [5.74, 6) is -0.204. The Hall–Kier alpha value is -3.23. The number of carbonyl (C=O) groups excluding carboxylic acids is 1. The molecule has 1 amide bonds. The van der Waals surface area contributed by atoms with E-state index in [9.17, 15) is 18.0 Å². The van der Waals surface area contributed by atoms with E-state index in [4.69, 9.17) is 0 Å². The highest BCUT2D eigenvalue weighted by molar-refractivity contribution is 6.04. The van der Waals surface area contributed by atoms with E-state index >= 15 is 0 Å². The second-order valence-electron chi connectivity index (χ2n) is 5.64. The Morgan fingerprint density at radius 1 is 1.08 bits per heavy atom. The third kappa shape index (κ3) is 3.71. The summed E-state index contributed by atoms with van der Waals surface area (Å²) in [6.45, 7) is 3.71. The van der Waals surface area contributed by atoms with Crippen LogP contribution in [0.5, 0.6) is 0 Å². The van der Waals surface area contributed by atoms with Gasteiger partial charge in [0, 0.05) is 11.3 Å². The topological polar surface area (TPSA) is 72.7 Å². The lowest BCUT2D eigenvalue weighted by Crippen LogP contribution is -2.14. The van der Waals surface area contributed by atoms with Crippen molar-refractivity contribution < 1.29 is 18.0 Å². The predicted molar refractivity (Wildman–Crippen MR) is 88.0 cm³/mol. The van der Waals surface area contributed by atoms with Gasteiger partial charge >= 0.3 is 6.18 Å². The number of hydrogen-bond donors (Lipinski definition) is 1. The van der Waals surface area contributed by atoms with Crippen LogP contribution in [0.2, 0.25) is 0 Å². The van der Waals surface area contributed by atoms with E-state index in [1.165, 1.54) is 12.4 Å². The molecule has 9 heteroatoms. The molecular formula is C17H14F3N5O. The molecule has 1 aromatic carbocycles. The van der Waals surface area contributed by atoms with Crippen LogP contribution in [-0.4, -0.2) is 25.7 Å². The molecule has 1 N–H and O–H groups in total. The molecule has 0 atom stereocenters. The maximum Gasteiger partial charge on any atom is 0.416 e. The molecule has 0 fully saturated rings. The smallest absolute Gasteiger partial charge is 0.319 e. The monoisotopic (exact) mass is 361 g/mol. The molecule has 0 bridgehead atoms. The highest BCUT2D eigenvalue weighted by Gasteiger charge is 2.30. The number of hydrogen-bond acceptors (Lipinski definition) is 4. The molecule has 0 aliphatic carbocycles. The van der Waals surface area contributed by atoms with E-state index in [0.717, 1.165) is 35.7 Å². The van der Waals surface area contributed by atoms with Gasteiger partial charge in [0.2, 0.25) is 0 Å². The minimum Gasteiger partial charge on any atom is -0.319 e. The predicted octanol–water partition coefficient (Wildman–Crippen LogP) is 3.55. The van der Waals surface area contributed by atoms with Crippen LogP contribution < -0.4 is 5.32 Å². The van der Waals surface area contributed by atoms with Gasteiger partial charge in [0.25, 0.3) is 11.9 Å². The molecule has 26 heavy (non-hydrogen) atoms. The molecular weight excluding hydrogens is 347 g/mol. The number of anilines is 1. The Labute approximate surface area is 146 Å². The molecule has 0 spiro atoms. The molecule has 134 valence electrons. The molecule has 0 unspecified atom stereocenters.